The third kappa shape index (κ3) is 4.10. The van der Waals surface area contributed by atoms with E-state index in [1.165, 1.54) is 0 Å². The van der Waals surface area contributed by atoms with Crippen molar-refractivity contribution in [2.75, 3.05) is 5.73 Å². The molecular formula is C15H17NO2S. The van der Waals surface area contributed by atoms with E-state index in [4.69, 9.17) is 5.73 Å². The van der Waals surface area contributed by atoms with Gasteiger partial charge in [0.1, 0.15) is 0 Å². The van der Waals surface area contributed by atoms with Crippen LogP contribution >= 0.6 is 0 Å². The molecule has 4 heteroatoms. The Morgan fingerprint density at radius 2 is 1.53 bits per heavy atom. The van der Waals surface area contributed by atoms with Crippen LogP contribution in [0.3, 0.4) is 0 Å². The van der Waals surface area contributed by atoms with Crippen LogP contribution in [0, 0.1) is 6.92 Å². The van der Waals surface area contributed by atoms with Crippen molar-refractivity contribution in [3.05, 3.63) is 65.2 Å². The Bertz CT molecular complexity index is 625. The number of benzene rings is 2. The van der Waals surface area contributed by atoms with E-state index in [1.54, 1.807) is 24.3 Å². The summed E-state index contributed by atoms with van der Waals surface area (Å²) in [5.74, 6) is 0.0788. The average molecular weight is 275 g/mol. The van der Waals surface area contributed by atoms with Crippen LogP contribution in [0.15, 0.2) is 48.5 Å². The Balaban J connectivity index is 2.15. The molecule has 0 fully saturated rings. The zero-order valence-electron chi connectivity index (χ0n) is 10.8. The third-order valence-electron chi connectivity index (χ3n) is 2.81. The molecule has 3 nitrogen and oxygen atoms in total. The monoisotopic (exact) mass is 275 g/mol. The molecule has 0 aliphatic carbocycles. The first-order chi connectivity index (χ1) is 8.94. The molecule has 0 radical (unpaired) electrons. The van der Waals surface area contributed by atoms with Crippen molar-refractivity contribution in [1.82, 2.24) is 0 Å². The number of aryl methyl sites for hydroxylation is 1. The van der Waals surface area contributed by atoms with Crippen LogP contribution in [0.4, 0.5) is 5.69 Å². The van der Waals surface area contributed by atoms with Crippen molar-refractivity contribution in [3.63, 3.8) is 0 Å². The molecule has 0 heterocycles. The molecule has 2 N–H and O–H groups in total. The predicted molar refractivity (Wildman–Crippen MR) is 78.4 cm³/mol. The molecule has 0 aromatic heterocycles. The molecule has 0 atom stereocenters. The first kappa shape index (κ1) is 13.6. The predicted octanol–water partition coefficient (Wildman–Crippen LogP) is 2.69. The van der Waals surface area contributed by atoms with E-state index < -0.39 is 9.84 Å². The van der Waals surface area contributed by atoms with E-state index in [0.29, 0.717) is 5.69 Å². The number of nitrogen functional groups attached to an aromatic ring is 1. The van der Waals surface area contributed by atoms with Crippen LogP contribution in [0.5, 0.6) is 0 Å². The summed E-state index contributed by atoms with van der Waals surface area (Å²) in [7, 11) is -3.18. The molecule has 0 saturated carbocycles. The Kier molecular flexibility index (Phi) is 3.90. The molecular weight excluding hydrogens is 258 g/mol. The van der Waals surface area contributed by atoms with Crippen LogP contribution < -0.4 is 5.73 Å². The van der Waals surface area contributed by atoms with E-state index >= 15 is 0 Å². The average Bonchev–Trinajstić information content (AvgIpc) is 2.27. The van der Waals surface area contributed by atoms with Gasteiger partial charge in [-0.25, -0.2) is 8.42 Å². The van der Waals surface area contributed by atoms with Gasteiger partial charge in [-0.05, 0) is 30.2 Å². The van der Waals surface area contributed by atoms with Gasteiger partial charge in [0.15, 0.2) is 9.84 Å². The van der Waals surface area contributed by atoms with E-state index in [2.05, 4.69) is 0 Å². The lowest BCUT2D eigenvalue weighted by Crippen LogP contribution is -2.08. The Labute approximate surface area is 114 Å². The summed E-state index contributed by atoms with van der Waals surface area (Å²) in [6.07, 6.45) is 0. The second-order valence-electron chi connectivity index (χ2n) is 4.77. The smallest absolute Gasteiger partial charge is 0.158 e. The van der Waals surface area contributed by atoms with Gasteiger partial charge in [0.2, 0.25) is 0 Å². The minimum absolute atomic E-state index is 0.0198. The van der Waals surface area contributed by atoms with Crippen molar-refractivity contribution in [3.8, 4) is 0 Å². The molecule has 0 spiro atoms. The third-order valence-corrected chi connectivity index (χ3v) is 4.35. The van der Waals surface area contributed by atoms with E-state index in [0.717, 1.165) is 16.7 Å². The minimum Gasteiger partial charge on any atom is -0.399 e. The van der Waals surface area contributed by atoms with Gasteiger partial charge in [0.25, 0.3) is 0 Å². The van der Waals surface area contributed by atoms with Crippen LogP contribution in [-0.4, -0.2) is 8.42 Å². The first-order valence-electron chi connectivity index (χ1n) is 6.05. The maximum absolute atomic E-state index is 12.2. The number of hydrogen-bond acceptors (Lipinski definition) is 3. The van der Waals surface area contributed by atoms with Crippen molar-refractivity contribution in [2.45, 2.75) is 18.4 Å². The van der Waals surface area contributed by atoms with E-state index in [9.17, 15) is 8.42 Å². The molecule has 0 aliphatic rings. The number of anilines is 1. The molecule has 2 aromatic carbocycles. The van der Waals surface area contributed by atoms with E-state index in [-0.39, 0.29) is 11.5 Å². The lowest BCUT2D eigenvalue weighted by atomic mass is 10.2. The maximum Gasteiger partial charge on any atom is 0.158 e. The molecule has 2 aromatic rings. The lowest BCUT2D eigenvalue weighted by Gasteiger charge is -2.06. The molecule has 0 aliphatic heterocycles. The summed E-state index contributed by atoms with van der Waals surface area (Å²) in [6, 6.07) is 14.6. The summed E-state index contributed by atoms with van der Waals surface area (Å²) in [5, 5.41) is 0. The normalized spacial score (nSPS) is 11.4. The molecule has 0 bridgehead atoms. The van der Waals surface area contributed by atoms with Gasteiger partial charge < -0.3 is 5.73 Å². The van der Waals surface area contributed by atoms with Gasteiger partial charge in [0.05, 0.1) is 11.5 Å². The standard InChI is InChI=1S/C15H17NO2S/c1-12-4-2-5-13(8-12)10-19(17,18)11-14-6-3-7-15(16)9-14/h2-9H,10-11,16H2,1H3. The van der Waals surface area contributed by atoms with Gasteiger partial charge in [-0.15, -0.1) is 0 Å². The van der Waals surface area contributed by atoms with Crippen LogP contribution in [0.1, 0.15) is 16.7 Å². The molecule has 0 amide bonds. The van der Waals surface area contributed by atoms with Crippen molar-refractivity contribution in [1.29, 1.82) is 0 Å². The zero-order chi connectivity index (χ0) is 13.9. The van der Waals surface area contributed by atoms with Gasteiger partial charge in [0, 0.05) is 5.69 Å². The minimum atomic E-state index is -3.18. The summed E-state index contributed by atoms with van der Waals surface area (Å²) >= 11 is 0. The van der Waals surface area contributed by atoms with Gasteiger partial charge in [-0.1, -0.05) is 42.0 Å². The SMILES string of the molecule is Cc1cccc(CS(=O)(=O)Cc2cccc(N)c2)c1. The molecule has 100 valence electrons. The quantitative estimate of drug-likeness (QED) is 0.873. The van der Waals surface area contributed by atoms with Crippen LogP contribution in [0.2, 0.25) is 0 Å². The van der Waals surface area contributed by atoms with Crippen molar-refractivity contribution in [2.24, 2.45) is 0 Å². The zero-order valence-corrected chi connectivity index (χ0v) is 11.7. The van der Waals surface area contributed by atoms with Crippen LogP contribution in [-0.2, 0) is 21.3 Å². The number of hydrogen-bond donors (Lipinski definition) is 1. The fourth-order valence-corrected chi connectivity index (χ4v) is 3.52. The second-order valence-corrected chi connectivity index (χ2v) is 6.83. The summed E-state index contributed by atoms with van der Waals surface area (Å²) in [4.78, 5) is 0. The highest BCUT2D eigenvalue weighted by Crippen LogP contribution is 2.15. The fourth-order valence-electron chi connectivity index (χ4n) is 2.04. The number of nitrogens with two attached hydrogens (primary N) is 1. The second kappa shape index (κ2) is 5.45. The Morgan fingerprint density at radius 3 is 2.11 bits per heavy atom. The van der Waals surface area contributed by atoms with Gasteiger partial charge >= 0.3 is 0 Å². The highest BCUT2D eigenvalue weighted by atomic mass is 32.2. The maximum atomic E-state index is 12.2. The van der Waals surface area contributed by atoms with Crippen molar-refractivity contribution >= 4 is 15.5 Å². The topological polar surface area (TPSA) is 60.2 Å². The molecule has 19 heavy (non-hydrogen) atoms. The lowest BCUT2D eigenvalue weighted by molar-refractivity contribution is 0.594. The summed E-state index contributed by atoms with van der Waals surface area (Å²) in [6.45, 7) is 1.95. The summed E-state index contributed by atoms with van der Waals surface area (Å²) < 4.78 is 24.3. The largest absolute Gasteiger partial charge is 0.399 e. The number of sulfone groups is 1. The fraction of sp³-hybridized carbons (Fsp3) is 0.200. The number of rotatable bonds is 4. The van der Waals surface area contributed by atoms with Crippen molar-refractivity contribution < 1.29 is 8.42 Å². The first-order valence-corrected chi connectivity index (χ1v) is 7.87. The molecule has 0 saturated heterocycles. The summed E-state index contributed by atoms with van der Waals surface area (Å²) in [5.41, 5.74) is 8.86. The Morgan fingerprint density at radius 1 is 0.947 bits per heavy atom. The highest BCUT2D eigenvalue weighted by molar-refractivity contribution is 7.89. The van der Waals surface area contributed by atoms with Crippen LogP contribution in [0.25, 0.3) is 0 Å². The Hall–Kier alpha value is -1.81. The van der Waals surface area contributed by atoms with Gasteiger partial charge in [-0.3, -0.25) is 0 Å². The highest BCUT2D eigenvalue weighted by Gasteiger charge is 2.13. The van der Waals surface area contributed by atoms with E-state index in [1.807, 2.05) is 31.2 Å². The molecule has 0 unspecified atom stereocenters. The van der Waals surface area contributed by atoms with Gasteiger partial charge in [-0.2, -0.15) is 0 Å². The molecule has 2 rings (SSSR count).